The normalized spacial score (nSPS) is 20.6. The van der Waals surface area contributed by atoms with Crippen LogP contribution in [0.15, 0.2) is 30.9 Å². The Balaban J connectivity index is 1.64. The van der Waals surface area contributed by atoms with E-state index in [1.165, 1.54) is 24.9 Å². The van der Waals surface area contributed by atoms with Gasteiger partial charge < -0.3 is 0 Å². The van der Waals surface area contributed by atoms with Crippen molar-refractivity contribution in [3.8, 4) is 0 Å². The fourth-order valence-corrected chi connectivity index (χ4v) is 2.72. The molecule has 1 saturated heterocycles. The summed E-state index contributed by atoms with van der Waals surface area (Å²) in [5.74, 6) is 0. The van der Waals surface area contributed by atoms with Gasteiger partial charge in [0.2, 0.25) is 0 Å². The summed E-state index contributed by atoms with van der Waals surface area (Å²) in [6.07, 6.45) is 10.5. The SMILES string of the molecule is Cn1cc(CN2CCC[C@H]2Cn2cccn2)cn1. The lowest BCUT2D eigenvalue weighted by atomic mass is 10.2. The molecule has 0 radical (unpaired) electrons. The molecular weight excluding hydrogens is 226 g/mol. The van der Waals surface area contributed by atoms with E-state index in [1.54, 1.807) is 0 Å². The van der Waals surface area contributed by atoms with Gasteiger partial charge in [-0.1, -0.05) is 0 Å². The first-order valence-corrected chi connectivity index (χ1v) is 6.50. The maximum Gasteiger partial charge on any atom is 0.0565 e. The summed E-state index contributed by atoms with van der Waals surface area (Å²) in [6, 6.07) is 2.59. The van der Waals surface area contributed by atoms with Crippen molar-refractivity contribution in [1.82, 2.24) is 24.5 Å². The molecule has 2 aromatic heterocycles. The van der Waals surface area contributed by atoms with Gasteiger partial charge in [0.05, 0.1) is 12.7 Å². The molecule has 5 nitrogen and oxygen atoms in total. The third-order valence-electron chi connectivity index (χ3n) is 3.60. The topological polar surface area (TPSA) is 38.9 Å². The summed E-state index contributed by atoms with van der Waals surface area (Å²) in [5.41, 5.74) is 1.30. The van der Waals surface area contributed by atoms with Crippen molar-refractivity contribution in [2.45, 2.75) is 32.0 Å². The molecule has 5 heteroatoms. The Labute approximate surface area is 107 Å². The molecule has 1 atom stereocenters. The molecular formula is C13H19N5. The van der Waals surface area contributed by atoms with Crippen molar-refractivity contribution in [2.24, 2.45) is 7.05 Å². The Morgan fingerprint density at radius 3 is 3.06 bits per heavy atom. The average molecular weight is 245 g/mol. The van der Waals surface area contributed by atoms with E-state index in [-0.39, 0.29) is 0 Å². The number of rotatable bonds is 4. The van der Waals surface area contributed by atoms with Crippen LogP contribution in [0.4, 0.5) is 0 Å². The van der Waals surface area contributed by atoms with E-state index in [1.807, 2.05) is 41.1 Å². The van der Waals surface area contributed by atoms with Crippen LogP contribution in [0, 0.1) is 0 Å². The highest BCUT2D eigenvalue weighted by Gasteiger charge is 2.25. The molecule has 3 rings (SSSR count). The molecule has 0 spiro atoms. The molecule has 96 valence electrons. The van der Waals surface area contributed by atoms with Crippen LogP contribution >= 0.6 is 0 Å². The van der Waals surface area contributed by atoms with Crippen molar-refractivity contribution in [1.29, 1.82) is 0 Å². The van der Waals surface area contributed by atoms with Crippen LogP contribution in [-0.4, -0.2) is 37.0 Å². The summed E-state index contributed by atoms with van der Waals surface area (Å²) >= 11 is 0. The Hall–Kier alpha value is -1.62. The minimum absolute atomic E-state index is 0.602. The predicted molar refractivity (Wildman–Crippen MR) is 68.9 cm³/mol. The van der Waals surface area contributed by atoms with E-state index < -0.39 is 0 Å². The van der Waals surface area contributed by atoms with Gasteiger partial charge in [-0.15, -0.1) is 0 Å². The van der Waals surface area contributed by atoms with E-state index in [2.05, 4.69) is 21.3 Å². The van der Waals surface area contributed by atoms with Crippen molar-refractivity contribution in [2.75, 3.05) is 6.54 Å². The molecule has 18 heavy (non-hydrogen) atoms. The highest BCUT2D eigenvalue weighted by molar-refractivity contribution is 5.04. The predicted octanol–water partition coefficient (Wildman–Crippen LogP) is 1.28. The van der Waals surface area contributed by atoms with Gasteiger partial charge in [-0.2, -0.15) is 10.2 Å². The van der Waals surface area contributed by atoms with Gasteiger partial charge in [-0.25, -0.2) is 0 Å². The average Bonchev–Trinajstić information content (AvgIpc) is 3.05. The van der Waals surface area contributed by atoms with Crippen LogP contribution in [0.25, 0.3) is 0 Å². The molecule has 0 amide bonds. The van der Waals surface area contributed by atoms with E-state index in [9.17, 15) is 0 Å². The molecule has 1 fully saturated rings. The lowest BCUT2D eigenvalue weighted by molar-refractivity contribution is 0.219. The third-order valence-corrected chi connectivity index (χ3v) is 3.60. The van der Waals surface area contributed by atoms with Gasteiger partial charge in [0.15, 0.2) is 0 Å². The second kappa shape index (κ2) is 4.94. The molecule has 0 unspecified atom stereocenters. The first-order valence-electron chi connectivity index (χ1n) is 6.50. The Bertz CT molecular complexity index is 487. The zero-order chi connectivity index (χ0) is 12.4. The maximum atomic E-state index is 4.30. The number of aromatic nitrogens is 4. The number of aryl methyl sites for hydroxylation is 1. The quantitative estimate of drug-likeness (QED) is 0.814. The summed E-state index contributed by atoms with van der Waals surface area (Å²) in [7, 11) is 1.97. The molecule has 3 heterocycles. The smallest absolute Gasteiger partial charge is 0.0565 e. The molecule has 2 aromatic rings. The molecule has 1 aliphatic heterocycles. The van der Waals surface area contributed by atoms with Crippen LogP contribution in [0.5, 0.6) is 0 Å². The van der Waals surface area contributed by atoms with E-state index >= 15 is 0 Å². The maximum absolute atomic E-state index is 4.30. The molecule has 0 N–H and O–H groups in total. The van der Waals surface area contributed by atoms with Gasteiger partial charge >= 0.3 is 0 Å². The fraction of sp³-hybridized carbons (Fsp3) is 0.538. The van der Waals surface area contributed by atoms with Crippen LogP contribution < -0.4 is 0 Å². The number of hydrogen-bond donors (Lipinski definition) is 0. The van der Waals surface area contributed by atoms with Crippen molar-refractivity contribution in [3.63, 3.8) is 0 Å². The standard InChI is InChI=1S/C13H19N5/c1-16-9-12(8-15-16)10-17-6-2-4-13(17)11-18-7-3-5-14-18/h3,5,7-9,13H,2,4,6,10-11H2,1H3/t13-/m0/s1. The highest BCUT2D eigenvalue weighted by atomic mass is 15.3. The highest BCUT2D eigenvalue weighted by Crippen LogP contribution is 2.21. The van der Waals surface area contributed by atoms with Gasteiger partial charge in [0.1, 0.15) is 0 Å². The molecule has 1 aliphatic rings. The second-order valence-electron chi connectivity index (χ2n) is 5.02. The molecule has 0 aromatic carbocycles. The minimum Gasteiger partial charge on any atom is -0.294 e. The van der Waals surface area contributed by atoms with Gasteiger partial charge in [-0.3, -0.25) is 14.3 Å². The van der Waals surface area contributed by atoms with Crippen LogP contribution in [-0.2, 0) is 20.1 Å². The lowest BCUT2D eigenvalue weighted by Gasteiger charge is -2.23. The molecule has 0 bridgehead atoms. The lowest BCUT2D eigenvalue weighted by Crippen LogP contribution is -2.32. The van der Waals surface area contributed by atoms with E-state index in [4.69, 9.17) is 0 Å². The van der Waals surface area contributed by atoms with Crippen molar-refractivity contribution < 1.29 is 0 Å². The zero-order valence-corrected chi connectivity index (χ0v) is 10.7. The van der Waals surface area contributed by atoms with E-state index in [0.29, 0.717) is 6.04 Å². The summed E-state index contributed by atoms with van der Waals surface area (Å²) < 4.78 is 3.90. The summed E-state index contributed by atoms with van der Waals surface area (Å²) in [6.45, 7) is 3.17. The summed E-state index contributed by atoms with van der Waals surface area (Å²) in [5, 5.41) is 8.53. The van der Waals surface area contributed by atoms with Gasteiger partial charge in [-0.05, 0) is 25.5 Å². The van der Waals surface area contributed by atoms with Crippen LogP contribution in [0.2, 0.25) is 0 Å². The first-order chi connectivity index (χ1) is 8.81. The number of likely N-dealkylation sites (tertiary alicyclic amines) is 1. The molecule has 0 aliphatic carbocycles. The second-order valence-corrected chi connectivity index (χ2v) is 5.02. The largest absolute Gasteiger partial charge is 0.294 e. The number of nitrogens with zero attached hydrogens (tertiary/aromatic N) is 5. The van der Waals surface area contributed by atoms with Crippen LogP contribution in [0.1, 0.15) is 18.4 Å². The Kier molecular flexibility index (Phi) is 3.15. The van der Waals surface area contributed by atoms with E-state index in [0.717, 1.165) is 13.1 Å². The zero-order valence-electron chi connectivity index (χ0n) is 10.7. The van der Waals surface area contributed by atoms with Crippen LogP contribution in [0.3, 0.4) is 0 Å². The van der Waals surface area contributed by atoms with Gasteiger partial charge in [0.25, 0.3) is 0 Å². The Morgan fingerprint density at radius 1 is 1.39 bits per heavy atom. The van der Waals surface area contributed by atoms with Crippen molar-refractivity contribution >= 4 is 0 Å². The fourth-order valence-electron chi connectivity index (χ4n) is 2.72. The number of hydrogen-bond acceptors (Lipinski definition) is 3. The van der Waals surface area contributed by atoms with Crippen molar-refractivity contribution in [3.05, 3.63) is 36.4 Å². The monoisotopic (exact) mass is 245 g/mol. The molecule has 0 saturated carbocycles. The van der Waals surface area contributed by atoms with Gasteiger partial charge in [0, 0.05) is 43.8 Å². The third kappa shape index (κ3) is 2.46. The Morgan fingerprint density at radius 2 is 2.33 bits per heavy atom. The summed E-state index contributed by atoms with van der Waals surface area (Å²) in [4.78, 5) is 2.54. The first kappa shape index (κ1) is 11.5. The minimum atomic E-state index is 0.602.